The van der Waals surface area contributed by atoms with Gasteiger partial charge < -0.3 is 10.2 Å². The Morgan fingerprint density at radius 1 is 1.03 bits per heavy atom. The molecule has 1 aromatic carbocycles. The van der Waals surface area contributed by atoms with Crippen molar-refractivity contribution in [3.8, 4) is 0 Å². The summed E-state index contributed by atoms with van der Waals surface area (Å²) in [7, 11) is -3.55. The van der Waals surface area contributed by atoms with E-state index in [1.807, 2.05) is 4.90 Å². The van der Waals surface area contributed by atoms with Crippen LogP contribution in [0, 0.1) is 5.82 Å². The van der Waals surface area contributed by atoms with Crippen molar-refractivity contribution in [2.75, 3.05) is 36.4 Å². The molecule has 11 heteroatoms. The highest BCUT2D eigenvalue weighted by atomic mass is 35.5. The van der Waals surface area contributed by atoms with Crippen LogP contribution >= 0.6 is 22.9 Å². The molecule has 1 fully saturated rings. The van der Waals surface area contributed by atoms with Crippen LogP contribution in [0.3, 0.4) is 0 Å². The molecular formula is C20H18ClFN4O3S2. The third kappa shape index (κ3) is 4.87. The zero-order valence-electron chi connectivity index (χ0n) is 16.2. The first kappa shape index (κ1) is 21.7. The Labute approximate surface area is 188 Å². The van der Waals surface area contributed by atoms with Crippen molar-refractivity contribution in [2.24, 2.45) is 0 Å². The van der Waals surface area contributed by atoms with Crippen LogP contribution in [-0.4, -0.2) is 49.8 Å². The summed E-state index contributed by atoms with van der Waals surface area (Å²) in [5.41, 5.74) is 0.851. The smallest absolute Gasteiger partial charge is 0.255 e. The number of thiophene rings is 1. The number of piperazine rings is 1. The topological polar surface area (TPSA) is 82.6 Å². The number of nitrogens with zero attached hydrogens (tertiary/aromatic N) is 3. The van der Waals surface area contributed by atoms with E-state index in [9.17, 15) is 17.6 Å². The molecule has 31 heavy (non-hydrogen) atoms. The van der Waals surface area contributed by atoms with Crippen molar-refractivity contribution in [1.82, 2.24) is 9.29 Å². The number of hydrogen-bond acceptors (Lipinski definition) is 6. The highest BCUT2D eigenvalue weighted by molar-refractivity contribution is 7.91. The van der Waals surface area contributed by atoms with Gasteiger partial charge in [0.15, 0.2) is 0 Å². The number of amides is 1. The molecule has 0 atom stereocenters. The van der Waals surface area contributed by atoms with Crippen molar-refractivity contribution in [1.29, 1.82) is 0 Å². The zero-order valence-corrected chi connectivity index (χ0v) is 18.6. The third-order valence-corrected chi connectivity index (χ3v) is 8.41. The lowest BCUT2D eigenvalue weighted by Crippen LogP contribution is -2.48. The Bertz CT molecular complexity index is 1180. The van der Waals surface area contributed by atoms with Gasteiger partial charge in [-0.3, -0.25) is 4.79 Å². The average molecular weight is 481 g/mol. The number of halogens is 2. The summed E-state index contributed by atoms with van der Waals surface area (Å²) >= 11 is 6.92. The minimum atomic E-state index is -3.55. The standard InChI is InChI=1S/C20H18ClFN4O3S2/c21-17-6-8-19(30-17)31(28,29)26-11-9-25(10-12-26)18-7-5-16(13-23-18)24-20(27)14-1-3-15(22)4-2-14/h1-8,13H,9-12H2,(H,24,27). The van der Waals surface area contributed by atoms with E-state index in [2.05, 4.69) is 10.3 Å². The fourth-order valence-corrected chi connectivity index (χ4v) is 6.23. The number of rotatable bonds is 5. The van der Waals surface area contributed by atoms with E-state index in [0.717, 1.165) is 11.3 Å². The molecule has 0 saturated carbocycles. The molecule has 162 valence electrons. The fraction of sp³-hybridized carbons (Fsp3) is 0.200. The van der Waals surface area contributed by atoms with E-state index in [0.29, 0.717) is 47.6 Å². The van der Waals surface area contributed by atoms with E-state index in [1.54, 1.807) is 18.2 Å². The van der Waals surface area contributed by atoms with Crippen LogP contribution in [0.5, 0.6) is 0 Å². The highest BCUT2D eigenvalue weighted by Crippen LogP contribution is 2.29. The summed E-state index contributed by atoms with van der Waals surface area (Å²) in [5, 5.41) is 2.72. The van der Waals surface area contributed by atoms with E-state index in [1.165, 1.54) is 40.8 Å². The molecular weight excluding hydrogens is 463 g/mol. The molecule has 4 rings (SSSR count). The number of pyridine rings is 1. The normalized spacial score (nSPS) is 15.1. The van der Waals surface area contributed by atoms with Gasteiger partial charge in [0.05, 0.1) is 16.2 Å². The van der Waals surface area contributed by atoms with Gasteiger partial charge in [0.2, 0.25) is 0 Å². The average Bonchev–Trinajstić information content (AvgIpc) is 3.22. The Morgan fingerprint density at radius 2 is 1.74 bits per heavy atom. The number of aromatic nitrogens is 1. The molecule has 0 aliphatic carbocycles. The third-order valence-electron chi connectivity index (χ3n) is 4.82. The van der Waals surface area contributed by atoms with Gasteiger partial charge in [-0.05, 0) is 48.5 Å². The van der Waals surface area contributed by atoms with Crippen LogP contribution in [0.2, 0.25) is 4.34 Å². The predicted molar refractivity (Wildman–Crippen MR) is 119 cm³/mol. The van der Waals surface area contributed by atoms with Crippen molar-refractivity contribution >= 4 is 50.4 Å². The van der Waals surface area contributed by atoms with Gasteiger partial charge >= 0.3 is 0 Å². The van der Waals surface area contributed by atoms with Crippen LogP contribution in [0.15, 0.2) is 58.9 Å². The molecule has 2 aromatic heterocycles. The molecule has 3 aromatic rings. The Hall–Kier alpha value is -2.53. The minimum Gasteiger partial charge on any atom is -0.354 e. The predicted octanol–water partition coefficient (Wildman–Crippen LogP) is 3.70. The molecule has 0 bridgehead atoms. The van der Waals surface area contributed by atoms with Crippen molar-refractivity contribution < 1.29 is 17.6 Å². The van der Waals surface area contributed by atoms with E-state index in [4.69, 9.17) is 11.6 Å². The maximum atomic E-state index is 13.0. The first-order valence-electron chi connectivity index (χ1n) is 9.36. The van der Waals surface area contributed by atoms with Gasteiger partial charge in [-0.2, -0.15) is 4.31 Å². The number of sulfonamides is 1. The number of carbonyl (C=O) groups excluding carboxylic acids is 1. The lowest BCUT2D eigenvalue weighted by molar-refractivity contribution is 0.102. The van der Waals surface area contributed by atoms with Crippen molar-refractivity contribution in [3.05, 3.63) is 70.4 Å². The number of carbonyl (C=O) groups is 1. The van der Waals surface area contributed by atoms with Gasteiger partial charge in [0.25, 0.3) is 15.9 Å². The van der Waals surface area contributed by atoms with E-state index < -0.39 is 15.8 Å². The lowest BCUT2D eigenvalue weighted by atomic mass is 10.2. The number of benzene rings is 1. The molecule has 3 heterocycles. The van der Waals surface area contributed by atoms with Crippen molar-refractivity contribution in [3.63, 3.8) is 0 Å². The SMILES string of the molecule is O=C(Nc1ccc(N2CCN(S(=O)(=O)c3ccc(Cl)s3)CC2)nc1)c1ccc(F)cc1. The van der Waals surface area contributed by atoms with E-state index >= 15 is 0 Å². The largest absolute Gasteiger partial charge is 0.354 e. The number of hydrogen-bond donors (Lipinski definition) is 1. The zero-order chi connectivity index (χ0) is 22.0. The second-order valence-corrected chi connectivity index (χ2v) is 10.7. The Balaban J connectivity index is 1.36. The minimum absolute atomic E-state index is 0.241. The summed E-state index contributed by atoms with van der Waals surface area (Å²) in [6, 6.07) is 11.9. The number of anilines is 2. The second kappa shape index (κ2) is 8.91. The second-order valence-electron chi connectivity index (χ2n) is 6.82. The molecule has 0 radical (unpaired) electrons. The van der Waals surface area contributed by atoms with Crippen LogP contribution in [0.25, 0.3) is 0 Å². The van der Waals surface area contributed by atoms with Crippen LogP contribution in [-0.2, 0) is 10.0 Å². The van der Waals surface area contributed by atoms with Gasteiger partial charge in [-0.15, -0.1) is 11.3 Å². The molecule has 1 amide bonds. The summed E-state index contributed by atoms with van der Waals surface area (Å²) in [5.74, 6) is -0.0762. The highest BCUT2D eigenvalue weighted by Gasteiger charge is 2.30. The van der Waals surface area contributed by atoms with Crippen LogP contribution in [0.4, 0.5) is 15.9 Å². The monoisotopic (exact) mass is 480 g/mol. The van der Waals surface area contributed by atoms with E-state index in [-0.39, 0.29) is 10.1 Å². The summed E-state index contributed by atoms with van der Waals surface area (Å²) < 4.78 is 40.5. The molecule has 1 N–H and O–H groups in total. The maximum absolute atomic E-state index is 13.0. The summed E-state index contributed by atoms with van der Waals surface area (Å²) in [4.78, 5) is 18.6. The molecule has 1 aliphatic heterocycles. The Morgan fingerprint density at radius 3 is 2.32 bits per heavy atom. The van der Waals surface area contributed by atoms with Gasteiger partial charge in [-0.1, -0.05) is 11.6 Å². The quantitative estimate of drug-likeness (QED) is 0.602. The van der Waals surface area contributed by atoms with Crippen LogP contribution < -0.4 is 10.2 Å². The van der Waals surface area contributed by atoms with Gasteiger partial charge in [-0.25, -0.2) is 17.8 Å². The molecule has 0 spiro atoms. The number of nitrogens with one attached hydrogen (secondary N) is 1. The molecule has 1 saturated heterocycles. The molecule has 1 aliphatic rings. The Kier molecular flexibility index (Phi) is 6.24. The summed E-state index contributed by atoms with van der Waals surface area (Å²) in [6.07, 6.45) is 1.54. The first-order chi connectivity index (χ1) is 14.8. The summed E-state index contributed by atoms with van der Waals surface area (Å²) in [6.45, 7) is 1.66. The molecule has 0 unspecified atom stereocenters. The fourth-order valence-electron chi connectivity index (χ4n) is 3.17. The first-order valence-corrected chi connectivity index (χ1v) is 12.0. The van der Waals surface area contributed by atoms with Crippen LogP contribution in [0.1, 0.15) is 10.4 Å². The van der Waals surface area contributed by atoms with Gasteiger partial charge in [0, 0.05) is 31.7 Å². The lowest BCUT2D eigenvalue weighted by Gasteiger charge is -2.34. The van der Waals surface area contributed by atoms with Crippen molar-refractivity contribution in [2.45, 2.75) is 4.21 Å². The van der Waals surface area contributed by atoms with Gasteiger partial charge in [0.1, 0.15) is 15.8 Å². The maximum Gasteiger partial charge on any atom is 0.255 e. The molecule has 7 nitrogen and oxygen atoms in total.